The first-order chi connectivity index (χ1) is 8.15. The van der Waals surface area contributed by atoms with Gasteiger partial charge < -0.3 is 0 Å². The predicted octanol–water partition coefficient (Wildman–Crippen LogP) is 3.61. The predicted molar refractivity (Wildman–Crippen MR) is 71.3 cm³/mol. The molecule has 0 aliphatic carbocycles. The molecular formula is C14H19NOS. The lowest BCUT2D eigenvalue weighted by molar-refractivity contribution is 0.678. The Labute approximate surface area is 106 Å². The van der Waals surface area contributed by atoms with Crippen molar-refractivity contribution in [2.75, 3.05) is 5.75 Å². The summed E-state index contributed by atoms with van der Waals surface area (Å²) in [5, 5.41) is 8.41. The van der Waals surface area contributed by atoms with Crippen molar-refractivity contribution < 1.29 is 4.21 Å². The van der Waals surface area contributed by atoms with Crippen molar-refractivity contribution in [3.63, 3.8) is 0 Å². The molecule has 0 aliphatic heterocycles. The first-order valence-corrected chi connectivity index (χ1v) is 7.32. The fourth-order valence-electron chi connectivity index (χ4n) is 1.56. The molecule has 0 aliphatic rings. The van der Waals surface area contributed by atoms with E-state index in [9.17, 15) is 4.21 Å². The minimum Gasteiger partial charge on any atom is -0.254 e. The van der Waals surface area contributed by atoms with Crippen molar-refractivity contribution in [2.24, 2.45) is 0 Å². The standard InChI is InChI=1S/C14H19NOS/c1-12(2)13-6-8-14(9-7-13)17(16)11-5-3-4-10-15/h6-9,12H,3-5,11H2,1-2H3. The van der Waals surface area contributed by atoms with Crippen molar-refractivity contribution in [2.45, 2.75) is 43.9 Å². The van der Waals surface area contributed by atoms with E-state index in [1.165, 1.54) is 5.56 Å². The summed E-state index contributed by atoms with van der Waals surface area (Å²) in [5.74, 6) is 1.16. The largest absolute Gasteiger partial charge is 0.254 e. The normalized spacial score (nSPS) is 12.4. The summed E-state index contributed by atoms with van der Waals surface area (Å²) in [6.07, 6.45) is 2.25. The van der Waals surface area contributed by atoms with Crippen molar-refractivity contribution in [1.29, 1.82) is 5.26 Å². The van der Waals surface area contributed by atoms with Gasteiger partial charge in [0.2, 0.25) is 0 Å². The van der Waals surface area contributed by atoms with Crippen LogP contribution < -0.4 is 0 Å². The van der Waals surface area contributed by atoms with Gasteiger partial charge in [-0.1, -0.05) is 26.0 Å². The zero-order valence-electron chi connectivity index (χ0n) is 10.5. The quantitative estimate of drug-likeness (QED) is 0.723. The van der Waals surface area contributed by atoms with Crippen LogP contribution >= 0.6 is 0 Å². The summed E-state index contributed by atoms with van der Waals surface area (Å²) >= 11 is 0. The third-order valence-electron chi connectivity index (χ3n) is 2.68. The Bertz CT molecular complexity index is 403. The van der Waals surface area contributed by atoms with E-state index >= 15 is 0 Å². The first-order valence-electron chi connectivity index (χ1n) is 6.00. The lowest BCUT2D eigenvalue weighted by atomic mass is 10.0. The fourth-order valence-corrected chi connectivity index (χ4v) is 2.70. The van der Waals surface area contributed by atoms with E-state index < -0.39 is 10.8 Å². The summed E-state index contributed by atoms with van der Waals surface area (Å²) in [6, 6.07) is 10.1. The molecule has 1 rings (SSSR count). The van der Waals surface area contributed by atoms with Gasteiger partial charge in [0.15, 0.2) is 0 Å². The van der Waals surface area contributed by atoms with Crippen LogP contribution in [-0.4, -0.2) is 9.96 Å². The van der Waals surface area contributed by atoms with Crippen LogP contribution in [0.2, 0.25) is 0 Å². The molecule has 0 radical (unpaired) electrons. The first kappa shape index (κ1) is 13.9. The van der Waals surface area contributed by atoms with Gasteiger partial charge in [0.05, 0.1) is 16.9 Å². The van der Waals surface area contributed by atoms with Crippen molar-refractivity contribution in [3.8, 4) is 6.07 Å². The summed E-state index contributed by atoms with van der Waals surface area (Å²) in [5.41, 5.74) is 1.27. The van der Waals surface area contributed by atoms with E-state index in [0.717, 1.165) is 17.7 Å². The molecule has 0 spiro atoms. The van der Waals surface area contributed by atoms with Gasteiger partial charge in [0, 0.05) is 17.1 Å². The SMILES string of the molecule is CC(C)c1ccc(S(=O)CCCCC#N)cc1. The van der Waals surface area contributed by atoms with Crippen LogP contribution in [0.1, 0.15) is 44.6 Å². The van der Waals surface area contributed by atoms with Crippen LogP contribution in [-0.2, 0) is 10.8 Å². The van der Waals surface area contributed by atoms with Crippen molar-refractivity contribution in [3.05, 3.63) is 29.8 Å². The van der Waals surface area contributed by atoms with Gasteiger partial charge in [0.1, 0.15) is 0 Å². The highest BCUT2D eigenvalue weighted by Gasteiger charge is 2.04. The van der Waals surface area contributed by atoms with E-state index in [4.69, 9.17) is 5.26 Å². The minimum absolute atomic E-state index is 0.508. The van der Waals surface area contributed by atoms with Gasteiger partial charge in [0.25, 0.3) is 0 Å². The molecule has 0 bridgehead atoms. The molecule has 1 unspecified atom stereocenters. The summed E-state index contributed by atoms with van der Waals surface area (Å²) < 4.78 is 11.9. The van der Waals surface area contributed by atoms with E-state index in [1.807, 2.05) is 24.3 Å². The summed E-state index contributed by atoms with van der Waals surface area (Å²) in [4.78, 5) is 0.895. The molecule has 17 heavy (non-hydrogen) atoms. The Kier molecular flexibility index (Phi) is 5.93. The smallest absolute Gasteiger partial charge is 0.0621 e. The topological polar surface area (TPSA) is 40.9 Å². The van der Waals surface area contributed by atoms with Gasteiger partial charge >= 0.3 is 0 Å². The number of hydrogen-bond acceptors (Lipinski definition) is 2. The number of unbranched alkanes of at least 4 members (excludes halogenated alkanes) is 2. The highest BCUT2D eigenvalue weighted by atomic mass is 32.2. The second-order valence-electron chi connectivity index (χ2n) is 4.39. The van der Waals surface area contributed by atoms with E-state index in [0.29, 0.717) is 18.1 Å². The maximum Gasteiger partial charge on any atom is 0.0621 e. The number of rotatable bonds is 6. The molecule has 1 aromatic carbocycles. The second-order valence-corrected chi connectivity index (χ2v) is 5.96. The van der Waals surface area contributed by atoms with Crippen molar-refractivity contribution >= 4 is 10.8 Å². The molecule has 0 saturated heterocycles. The van der Waals surface area contributed by atoms with Gasteiger partial charge in [-0.25, -0.2) is 0 Å². The van der Waals surface area contributed by atoms with Crippen molar-refractivity contribution in [1.82, 2.24) is 0 Å². The summed E-state index contributed by atoms with van der Waals surface area (Å²) in [6.45, 7) is 4.29. The highest BCUT2D eigenvalue weighted by molar-refractivity contribution is 7.85. The monoisotopic (exact) mass is 249 g/mol. The van der Waals surface area contributed by atoms with Crippen LogP contribution in [0.25, 0.3) is 0 Å². The molecule has 0 amide bonds. The number of nitrogens with zero attached hydrogens (tertiary/aromatic N) is 1. The molecule has 0 heterocycles. The number of benzene rings is 1. The lowest BCUT2D eigenvalue weighted by Gasteiger charge is -2.06. The van der Waals surface area contributed by atoms with E-state index in [1.54, 1.807) is 0 Å². The minimum atomic E-state index is -0.918. The second kappa shape index (κ2) is 7.24. The van der Waals surface area contributed by atoms with Crippen LogP contribution in [0.15, 0.2) is 29.2 Å². The third kappa shape index (κ3) is 4.70. The molecule has 0 fully saturated rings. The molecule has 0 saturated carbocycles. The van der Waals surface area contributed by atoms with Crippen LogP contribution in [0.5, 0.6) is 0 Å². The zero-order chi connectivity index (χ0) is 12.7. The van der Waals surface area contributed by atoms with Gasteiger partial charge in [-0.3, -0.25) is 4.21 Å². The van der Waals surface area contributed by atoms with Gasteiger partial charge in [-0.2, -0.15) is 5.26 Å². The molecule has 3 heteroatoms. The average molecular weight is 249 g/mol. The third-order valence-corrected chi connectivity index (χ3v) is 4.14. The average Bonchev–Trinajstić information content (AvgIpc) is 2.34. The fraction of sp³-hybridized carbons (Fsp3) is 0.500. The molecule has 0 N–H and O–H groups in total. The van der Waals surface area contributed by atoms with Gasteiger partial charge in [-0.15, -0.1) is 0 Å². The highest BCUT2D eigenvalue weighted by Crippen LogP contribution is 2.17. The van der Waals surface area contributed by atoms with Gasteiger partial charge in [-0.05, 0) is 36.5 Å². The van der Waals surface area contributed by atoms with E-state index in [2.05, 4.69) is 19.9 Å². The summed E-state index contributed by atoms with van der Waals surface area (Å²) in [7, 11) is -0.918. The molecule has 1 atom stereocenters. The maximum atomic E-state index is 11.9. The van der Waals surface area contributed by atoms with Crippen LogP contribution in [0.3, 0.4) is 0 Å². The Morgan fingerprint density at radius 3 is 2.41 bits per heavy atom. The molecule has 1 aromatic rings. The molecule has 2 nitrogen and oxygen atoms in total. The Balaban J connectivity index is 2.49. The molecule has 0 aromatic heterocycles. The Morgan fingerprint density at radius 1 is 1.24 bits per heavy atom. The number of hydrogen-bond donors (Lipinski definition) is 0. The van der Waals surface area contributed by atoms with Crippen LogP contribution in [0.4, 0.5) is 0 Å². The Hall–Kier alpha value is -1.14. The van der Waals surface area contributed by atoms with Crippen LogP contribution in [0, 0.1) is 11.3 Å². The van der Waals surface area contributed by atoms with E-state index in [-0.39, 0.29) is 0 Å². The molecular weight excluding hydrogens is 230 g/mol. The number of nitriles is 1. The lowest BCUT2D eigenvalue weighted by Crippen LogP contribution is -1.98. The Morgan fingerprint density at radius 2 is 1.88 bits per heavy atom. The maximum absolute atomic E-state index is 11.9. The zero-order valence-corrected chi connectivity index (χ0v) is 11.3. The molecule has 92 valence electrons.